The van der Waals surface area contributed by atoms with E-state index in [9.17, 15) is 0 Å². The quantitative estimate of drug-likeness (QED) is 0.218. The van der Waals surface area contributed by atoms with Gasteiger partial charge in [-0.15, -0.1) is 0 Å². The zero-order chi connectivity index (χ0) is 28.3. The highest BCUT2D eigenvalue weighted by Gasteiger charge is 2.59. The van der Waals surface area contributed by atoms with Crippen molar-refractivity contribution < 1.29 is 4.57 Å². The van der Waals surface area contributed by atoms with Crippen molar-refractivity contribution in [3.05, 3.63) is 175 Å². The van der Waals surface area contributed by atoms with Crippen LogP contribution in [-0.4, -0.2) is 11.3 Å². The van der Waals surface area contributed by atoms with Gasteiger partial charge in [0, 0.05) is 33.3 Å². The second-order valence-electron chi connectivity index (χ2n) is 10.1. The van der Waals surface area contributed by atoms with E-state index in [1.54, 1.807) is 0 Å². The van der Waals surface area contributed by atoms with Crippen LogP contribution in [0.1, 0.15) is 5.56 Å². The molecule has 6 rings (SSSR count). The summed E-state index contributed by atoms with van der Waals surface area (Å²) in [6, 6.07) is 48.5. The Kier molecular flexibility index (Phi) is 7.19. The summed E-state index contributed by atoms with van der Waals surface area (Å²) in [5, 5.41) is 0.124. The molecule has 0 heterocycles. The molecule has 0 saturated heterocycles. The lowest BCUT2D eigenvalue weighted by Crippen LogP contribution is -2.62. The fourth-order valence-electron chi connectivity index (χ4n) is 5.89. The number of nitrogens with two attached hydrogens (primary N) is 2. The predicted octanol–water partition coefficient (Wildman–Crippen LogP) is 6.80. The summed E-state index contributed by atoms with van der Waals surface area (Å²) in [5.41, 5.74) is 18.4. The van der Waals surface area contributed by atoms with E-state index in [2.05, 4.69) is 4.90 Å². The van der Waals surface area contributed by atoms with E-state index in [0.29, 0.717) is 16.3 Å². The SMILES string of the molecule is NC1=C(c2ccccc2)C=CC(N(c2ccccc2)c2ccccc2)(P(=O)(c2ccccc2)c2ccccc2)C1N. The van der Waals surface area contributed by atoms with Crippen molar-refractivity contribution >= 4 is 34.7 Å². The van der Waals surface area contributed by atoms with Gasteiger partial charge in [0.1, 0.15) is 5.28 Å². The largest absolute Gasteiger partial charge is 0.400 e. The third kappa shape index (κ3) is 4.42. The molecule has 5 heteroatoms. The van der Waals surface area contributed by atoms with Gasteiger partial charge in [-0.1, -0.05) is 133 Å². The van der Waals surface area contributed by atoms with Gasteiger partial charge >= 0.3 is 0 Å². The number of anilines is 2. The first kappa shape index (κ1) is 26.6. The van der Waals surface area contributed by atoms with E-state index in [4.69, 9.17) is 11.5 Å². The van der Waals surface area contributed by atoms with Crippen LogP contribution >= 0.6 is 7.14 Å². The number of nitrogens with zero attached hydrogens (tertiary/aromatic N) is 1. The summed E-state index contributed by atoms with van der Waals surface area (Å²) in [7, 11) is -3.63. The Balaban J connectivity index is 1.73. The van der Waals surface area contributed by atoms with Crippen LogP contribution in [-0.2, 0) is 4.57 Å². The molecule has 41 heavy (non-hydrogen) atoms. The minimum Gasteiger partial charge on any atom is -0.400 e. The van der Waals surface area contributed by atoms with Crippen LogP contribution in [0.3, 0.4) is 0 Å². The molecule has 4 N–H and O–H groups in total. The summed E-state index contributed by atoms with van der Waals surface area (Å²) in [5.74, 6) is 0. The van der Waals surface area contributed by atoms with Crippen molar-refractivity contribution in [1.29, 1.82) is 0 Å². The number of allylic oxidation sites excluding steroid dienone is 2. The molecule has 0 saturated carbocycles. The Labute approximate surface area is 241 Å². The van der Waals surface area contributed by atoms with Crippen LogP contribution in [0.2, 0.25) is 0 Å². The topological polar surface area (TPSA) is 72.3 Å². The van der Waals surface area contributed by atoms with Gasteiger partial charge in [-0.25, -0.2) is 0 Å². The molecule has 1 aliphatic carbocycles. The first-order valence-electron chi connectivity index (χ1n) is 13.7. The van der Waals surface area contributed by atoms with Crippen LogP contribution in [0.25, 0.3) is 5.57 Å². The van der Waals surface area contributed by atoms with Crippen LogP contribution in [0.15, 0.2) is 170 Å². The third-order valence-corrected chi connectivity index (χ3v) is 11.5. The van der Waals surface area contributed by atoms with E-state index < -0.39 is 18.5 Å². The maximum atomic E-state index is 16.4. The molecule has 2 atom stereocenters. The van der Waals surface area contributed by atoms with E-state index in [-0.39, 0.29) is 0 Å². The molecular weight excluding hydrogens is 521 g/mol. The maximum Gasteiger partial charge on any atom is 0.173 e. The zero-order valence-electron chi connectivity index (χ0n) is 22.6. The van der Waals surface area contributed by atoms with Gasteiger partial charge in [-0.2, -0.15) is 0 Å². The van der Waals surface area contributed by atoms with Gasteiger partial charge in [0.05, 0.1) is 6.04 Å². The lowest BCUT2D eigenvalue weighted by Gasteiger charge is -2.52. The van der Waals surface area contributed by atoms with Gasteiger partial charge in [0.15, 0.2) is 7.14 Å². The number of hydrogen-bond donors (Lipinski definition) is 2. The zero-order valence-corrected chi connectivity index (χ0v) is 23.5. The fourth-order valence-corrected chi connectivity index (χ4v) is 9.53. The van der Waals surface area contributed by atoms with Gasteiger partial charge in [0.25, 0.3) is 0 Å². The Morgan fingerprint density at radius 2 is 0.976 bits per heavy atom. The minimum atomic E-state index is -3.63. The standard InChI is InChI=1S/C36H32N3OP/c37-34-33(28-16-6-1-7-17-28)26-27-36(35(34)38,39(29-18-8-2-9-19-29)30-20-10-3-11-21-30)41(40,31-22-12-4-13-23-31)32-24-14-5-15-25-32/h1-27,35H,37-38H2. The molecule has 0 bridgehead atoms. The highest BCUT2D eigenvalue weighted by atomic mass is 31.2. The maximum absolute atomic E-state index is 16.4. The highest BCUT2D eigenvalue weighted by molar-refractivity contribution is 7.80. The molecule has 5 aromatic carbocycles. The molecule has 0 spiro atoms. The summed E-state index contributed by atoms with van der Waals surface area (Å²) in [4.78, 5) is 2.13. The summed E-state index contributed by atoms with van der Waals surface area (Å²) in [6.07, 6.45) is 4.04. The molecule has 0 fully saturated rings. The molecule has 4 nitrogen and oxygen atoms in total. The van der Waals surface area contributed by atoms with Crippen LogP contribution in [0.5, 0.6) is 0 Å². The van der Waals surface area contributed by atoms with Crippen LogP contribution < -0.4 is 27.0 Å². The van der Waals surface area contributed by atoms with Gasteiger partial charge < -0.3 is 20.9 Å². The van der Waals surface area contributed by atoms with Crippen molar-refractivity contribution in [3.63, 3.8) is 0 Å². The number of rotatable bonds is 7. The second-order valence-corrected chi connectivity index (χ2v) is 13.1. The normalized spacial score (nSPS) is 18.7. The number of para-hydroxylation sites is 2. The summed E-state index contributed by atoms with van der Waals surface area (Å²) < 4.78 is 16.4. The van der Waals surface area contributed by atoms with Crippen LogP contribution in [0, 0.1) is 0 Å². The molecule has 2 unspecified atom stereocenters. The predicted molar refractivity (Wildman–Crippen MR) is 172 cm³/mol. The van der Waals surface area contributed by atoms with Crippen molar-refractivity contribution in [2.24, 2.45) is 11.5 Å². The van der Waals surface area contributed by atoms with Gasteiger partial charge in [-0.3, -0.25) is 0 Å². The van der Waals surface area contributed by atoms with Crippen molar-refractivity contribution in [2.75, 3.05) is 4.90 Å². The average Bonchev–Trinajstić information content (AvgIpc) is 3.05. The first-order chi connectivity index (χ1) is 20.1. The lowest BCUT2D eigenvalue weighted by molar-refractivity contribution is 0.525. The second kappa shape index (κ2) is 11.1. The summed E-state index contributed by atoms with van der Waals surface area (Å²) in [6.45, 7) is 0. The molecule has 0 radical (unpaired) electrons. The average molecular weight is 554 g/mol. The third-order valence-electron chi connectivity index (χ3n) is 7.81. The number of benzene rings is 5. The molecular formula is C36H32N3OP. The smallest absolute Gasteiger partial charge is 0.173 e. The Morgan fingerprint density at radius 1 is 0.585 bits per heavy atom. The summed E-state index contributed by atoms with van der Waals surface area (Å²) >= 11 is 0. The molecule has 0 aromatic heterocycles. The molecule has 202 valence electrons. The van der Waals surface area contributed by atoms with Crippen LogP contribution in [0.4, 0.5) is 11.4 Å². The van der Waals surface area contributed by atoms with E-state index in [1.165, 1.54) is 0 Å². The molecule has 0 aliphatic heterocycles. The Bertz CT molecular complexity index is 1640. The van der Waals surface area contributed by atoms with Crippen molar-refractivity contribution in [1.82, 2.24) is 0 Å². The van der Waals surface area contributed by atoms with Gasteiger partial charge in [-0.05, 0) is 35.9 Å². The fraction of sp³-hybridized carbons (Fsp3) is 0.0556. The highest BCUT2D eigenvalue weighted by Crippen LogP contribution is 2.64. The lowest BCUT2D eigenvalue weighted by atomic mass is 9.89. The Morgan fingerprint density at radius 3 is 1.41 bits per heavy atom. The van der Waals surface area contributed by atoms with Gasteiger partial charge in [0.2, 0.25) is 0 Å². The first-order valence-corrected chi connectivity index (χ1v) is 15.4. The monoisotopic (exact) mass is 553 g/mol. The van der Waals surface area contributed by atoms with Crippen molar-refractivity contribution in [2.45, 2.75) is 11.3 Å². The number of hydrogen-bond acceptors (Lipinski definition) is 4. The molecule has 0 amide bonds. The minimum absolute atomic E-state index is 0.489. The van der Waals surface area contributed by atoms with E-state index in [0.717, 1.165) is 22.5 Å². The molecule has 1 aliphatic rings. The van der Waals surface area contributed by atoms with Crippen molar-refractivity contribution in [3.8, 4) is 0 Å². The Hall–Kier alpha value is -4.63. The van der Waals surface area contributed by atoms with E-state index in [1.807, 2.05) is 164 Å². The molecule has 5 aromatic rings. The van der Waals surface area contributed by atoms with E-state index >= 15 is 4.57 Å².